The van der Waals surface area contributed by atoms with Crippen LogP contribution in [0.5, 0.6) is 0 Å². The molecule has 0 N–H and O–H groups in total. The zero-order valence-electron chi connectivity index (χ0n) is 35.0. The average molecular weight is 826 g/mol. The maximum atomic E-state index is 15.1. The molecule has 304 valence electrons. The number of anilines is 3. The molecule has 1 aliphatic heterocycles. The lowest BCUT2D eigenvalue weighted by atomic mass is 9.46. The van der Waals surface area contributed by atoms with E-state index in [1.54, 1.807) is 0 Å². The highest BCUT2D eigenvalue weighted by molar-refractivity contribution is 7.91. The van der Waals surface area contributed by atoms with Crippen LogP contribution in [0, 0.1) is 23.7 Å². The van der Waals surface area contributed by atoms with Gasteiger partial charge in [0.25, 0.3) is 0 Å². The van der Waals surface area contributed by atoms with Gasteiger partial charge in [0, 0.05) is 32.9 Å². The fourth-order valence-electron chi connectivity index (χ4n) is 12.4. The number of rotatable bonds is 5. The maximum Gasteiger partial charge on any atom is 0.207 e. The van der Waals surface area contributed by atoms with Crippen molar-refractivity contribution < 1.29 is 12.8 Å². The molecule has 0 unspecified atom stereocenters. The van der Waals surface area contributed by atoms with E-state index >= 15 is 8.42 Å². The number of hydrogen-bond donors (Lipinski definition) is 0. The Balaban J connectivity index is 1.03. The van der Waals surface area contributed by atoms with E-state index in [0.29, 0.717) is 33.5 Å². The highest BCUT2D eigenvalue weighted by Crippen LogP contribution is 2.64. The predicted octanol–water partition coefficient (Wildman–Crippen LogP) is 15.1. The minimum Gasteiger partial charge on any atom is -0.456 e. The van der Waals surface area contributed by atoms with Crippen molar-refractivity contribution in [2.75, 3.05) is 4.90 Å². The fraction of sp³-hybridized carbons (Fsp3) is 0.193. The summed E-state index contributed by atoms with van der Waals surface area (Å²) >= 11 is 0. The molecule has 1 spiro atoms. The molecule has 2 aliphatic carbocycles. The van der Waals surface area contributed by atoms with Crippen molar-refractivity contribution in [1.82, 2.24) is 0 Å². The summed E-state index contributed by atoms with van der Waals surface area (Å²) in [6, 6.07) is 61.1. The van der Waals surface area contributed by atoms with Crippen LogP contribution in [0.15, 0.2) is 190 Å². The largest absolute Gasteiger partial charge is 0.456 e. The Morgan fingerprint density at radius 2 is 1.10 bits per heavy atom. The summed E-state index contributed by atoms with van der Waals surface area (Å²) in [6.45, 7) is 4.79. The van der Waals surface area contributed by atoms with Gasteiger partial charge in [-0.05, 0) is 137 Å². The summed E-state index contributed by atoms with van der Waals surface area (Å²) in [4.78, 5) is 3.21. The third kappa shape index (κ3) is 5.47. The van der Waals surface area contributed by atoms with E-state index in [4.69, 9.17) is 4.42 Å². The normalized spacial score (nSPS) is 22.4. The molecule has 62 heavy (non-hydrogen) atoms. The van der Waals surface area contributed by atoms with Crippen LogP contribution in [-0.2, 0) is 15.3 Å². The van der Waals surface area contributed by atoms with E-state index in [2.05, 4.69) is 158 Å². The minimum atomic E-state index is -3.83. The topological polar surface area (TPSA) is 50.5 Å². The lowest BCUT2D eigenvalue weighted by Crippen LogP contribution is -2.54. The molecular weight excluding hydrogens is 779 g/mol. The number of para-hydroxylation sites is 1. The van der Waals surface area contributed by atoms with E-state index < -0.39 is 9.84 Å². The van der Waals surface area contributed by atoms with Crippen LogP contribution in [0.25, 0.3) is 55.0 Å². The molecule has 9 aromatic rings. The van der Waals surface area contributed by atoms with E-state index in [-0.39, 0.29) is 5.41 Å². The van der Waals surface area contributed by atoms with Crippen LogP contribution in [0.3, 0.4) is 0 Å². The van der Waals surface area contributed by atoms with Crippen LogP contribution in [0.2, 0.25) is 0 Å². The fourth-order valence-corrected chi connectivity index (χ4v) is 14.2. The zero-order valence-corrected chi connectivity index (χ0v) is 35.8. The van der Waals surface area contributed by atoms with Gasteiger partial charge >= 0.3 is 0 Å². The van der Waals surface area contributed by atoms with Gasteiger partial charge in [-0.2, -0.15) is 0 Å². The first kappa shape index (κ1) is 37.3. The van der Waals surface area contributed by atoms with Crippen molar-refractivity contribution in [2.24, 2.45) is 23.7 Å². The Labute approximate surface area is 363 Å². The van der Waals surface area contributed by atoms with Gasteiger partial charge in [0.2, 0.25) is 9.84 Å². The van der Waals surface area contributed by atoms with Crippen molar-refractivity contribution >= 4 is 59.6 Å². The Bertz CT molecular complexity index is 3310. The second kappa shape index (κ2) is 14.1. The third-order valence-corrected chi connectivity index (χ3v) is 16.5. The highest BCUT2D eigenvalue weighted by atomic mass is 32.2. The van der Waals surface area contributed by atoms with Gasteiger partial charge in [-0.15, -0.1) is 0 Å². The first-order valence-electron chi connectivity index (χ1n) is 22.2. The van der Waals surface area contributed by atoms with Gasteiger partial charge in [0.15, 0.2) is 0 Å². The van der Waals surface area contributed by atoms with Gasteiger partial charge in [0.05, 0.1) is 15.5 Å². The van der Waals surface area contributed by atoms with Crippen LogP contribution < -0.4 is 4.90 Å². The maximum absolute atomic E-state index is 15.1. The van der Waals surface area contributed by atoms with Crippen LogP contribution in [0.4, 0.5) is 17.1 Å². The molecule has 2 saturated carbocycles. The predicted molar refractivity (Wildman–Crippen MR) is 253 cm³/mol. The SMILES string of the molecule is CC1C[C@H]2CC(C)C[C@H](C1)C21c2ccccc2S(=O)(=O)c2cc(N(c3ccc(-c4ccccc4-c4cccc5oc6ccccc6c45)cc3)c3cccc4ccccc34)ccc21. The molecule has 5 heteroatoms. The van der Waals surface area contributed by atoms with Gasteiger partial charge in [-0.3, -0.25) is 0 Å². The molecule has 0 amide bonds. The summed E-state index contributed by atoms with van der Waals surface area (Å²) in [5.41, 5.74) is 10.7. The lowest BCUT2D eigenvalue weighted by Gasteiger charge is -2.59. The van der Waals surface area contributed by atoms with Gasteiger partial charge in [-0.1, -0.05) is 141 Å². The van der Waals surface area contributed by atoms with Crippen LogP contribution in [0.1, 0.15) is 50.7 Å². The number of fused-ring (bicyclic) bond motifs is 6. The molecule has 12 rings (SSSR count). The molecule has 2 bridgehead atoms. The van der Waals surface area contributed by atoms with Gasteiger partial charge < -0.3 is 9.32 Å². The first-order valence-corrected chi connectivity index (χ1v) is 23.7. The van der Waals surface area contributed by atoms with E-state index in [9.17, 15) is 0 Å². The number of hydrogen-bond acceptors (Lipinski definition) is 4. The molecule has 0 atom stereocenters. The molecule has 8 aromatic carbocycles. The van der Waals surface area contributed by atoms with Crippen molar-refractivity contribution in [3.05, 3.63) is 187 Å². The second-order valence-electron chi connectivity index (χ2n) is 18.3. The Kier molecular flexibility index (Phi) is 8.46. The van der Waals surface area contributed by atoms with E-state index in [0.717, 1.165) is 109 Å². The van der Waals surface area contributed by atoms with Crippen molar-refractivity contribution in [2.45, 2.75) is 54.7 Å². The summed E-state index contributed by atoms with van der Waals surface area (Å²) < 4.78 is 36.5. The molecule has 3 aliphatic rings. The first-order chi connectivity index (χ1) is 30.3. The lowest BCUT2D eigenvalue weighted by molar-refractivity contribution is 0.0231. The number of sulfone groups is 1. The number of nitrogens with zero attached hydrogens (tertiary/aromatic N) is 1. The summed E-state index contributed by atoms with van der Waals surface area (Å²) in [5, 5.41) is 4.43. The Hall–Kier alpha value is -6.43. The Morgan fingerprint density at radius 3 is 1.89 bits per heavy atom. The van der Waals surface area contributed by atoms with E-state index in [1.165, 1.54) is 0 Å². The summed E-state index contributed by atoms with van der Waals surface area (Å²) in [7, 11) is -3.83. The van der Waals surface area contributed by atoms with Gasteiger partial charge in [0.1, 0.15) is 11.2 Å². The molecular formula is C57H47NO3S. The summed E-state index contributed by atoms with van der Waals surface area (Å²) in [5.74, 6) is 2.00. The second-order valence-corrected chi connectivity index (χ2v) is 20.2. The van der Waals surface area contributed by atoms with Gasteiger partial charge in [-0.25, -0.2) is 8.42 Å². The smallest absolute Gasteiger partial charge is 0.207 e. The number of benzene rings is 8. The van der Waals surface area contributed by atoms with Crippen molar-refractivity contribution in [3.63, 3.8) is 0 Å². The third-order valence-electron chi connectivity index (χ3n) is 14.7. The molecule has 1 aromatic heterocycles. The van der Waals surface area contributed by atoms with Crippen molar-refractivity contribution in [1.29, 1.82) is 0 Å². The molecule has 2 fully saturated rings. The molecule has 4 nitrogen and oxygen atoms in total. The standard InChI is InChI=1S/C57H47NO3S/c1-36-31-40-33-37(2)34-41(32-36)57(40)49-20-8-10-24-54(49)62(59,60)55-35-43(29-30-50(55)57)58(51-21-11-14-38-13-3-4-16-45(38)51)42-27-25-39(26-28-42)44-15-5-6-17-46(44)47-19-12-23-53-56(47)48-18-7-9-22-52(48)61-53/h3-30,35-37,40-41H,31-34H2,1-2H3/t36?,37?,40-,41-,57?. The van der Waals surface area contributed by atoms with Crippen LogP contribution in [-0.4, -0.2) is 8.42 Å². The van der Waals surface area contributed by atoms with Crippen molar-refractivity contribution in [3.8, 4) is 22.3 Å². The number of furan rings is 1. The average Bonchev–Trinajstić information content (AvgIpc) is 3.68. The monoisotopic (exact) mass is 825 g/mol. The highest BCUT2D eigenvalue weighted by Gasteiger charge is 2.59. The minimum absolute atomic E-state index is 0.332. The zero-order chi connectivity index (χ0) is 41.7. The molecule has 2 heterocycles. The van der Waals surface area contributed by atoms with Crippen LogP contribution >= 0.6 is 0 Å². The molecule has 0 radical (unpaired) electrons. The summed E-state index contributed by atoms with van der Waals surface area (Å²) in [6.07, 6.45) is 4.45. The molecule has 0 saturated heterocycles. The van der Waals surface area contributed by atoms with E-state index in [1.807, 2.05) is 36.4 Å². The Morgan fingerprint density at radius 1 is 0.516 bits per heavy atom. The quantitative estimate of drug-likeness (QED) is 0.173.